The topological polar surface area (TPSA) is 39.7 Å². The Bertz CT molecular complexity index is 385. The van der Waals surface area contributed by atoms with Crippen molar-refractivity contribution in [1.82, 2.24) is 5.32 Å². The van der Waals surface area contributed by atoms with Gasteiger partial charge in [0, 0.05) is 36.9 Å². The van der Waals surface area contributed by atoms with Gasteiger partial charge in [-0.25, -0.2) is 0 Å². The minimum atomic E-state index is 0.643. The minimum absolute atomic E-state index is 0.643. The van der Waals surface area contributed by atoms with E-state index in [1.54, 1.807) is 20.3 Å². The molecule has 5 heteroatoms. The fourth-order valence-electron chi connectivity index (χ4n) is 1.67. The third-order valence-corrected chi connectivity index (χ3v) is 2.78. The second-order valence-corrected chi connectivity index (χ2v) is 4.55. The van der Waals surface area contributed by atoms with Crippen molar-refractivity contribution in [2.75, 3.05) is 34.0 Å². The number of hydrogen-bond donors (Lipinski definition) is 1. The summed E-state index contributed by atoms with van der Waals surface area (Å²) in [5.74, 6) is 1.43. The molecule has 0 radical (unpaired) electrons. The summed E-state index contributed by atoms with van der Waals surface area (Å²) in [7, 11) is 3.30. The summed E-state index contributed by atoms with van der Waals surface area (Å²) in [5.41, 5.74) is 0.994. The van der Waals surface area contributed by atoms with Crippen LogP contribution in [0, 0.1) is 0 Å². The van der Waals surface area contributed by atoms with Crippen molar-refractivity contribution in [3.8, 4) is 11.5 Å². The smallest absolute Gasteiger partial charge is 0.165 e. The van der Waals surface area contributed by atoms with Crippen molar-refractivity contribution >= 4 is 11.6 Å². The molecule has 0 aliphatic carbocycles. The number of benzene rings is 1. The lowest BCUT2D eigenvalue weighted by Crippen LogP contribution is -2.19. The van der Waals surface area contributed by atoms with E-state index in [-0.39, 0.29) is 0 Å². The zero-order valence-electron chi connectivity index (χ0n) is 11.8. The van der Waals surface area contributed by atoms with Gasteiger partial charge in [0.05, 0.1) is 20.3 Å². The van der Waals surface area contributed by atoms with Gasteiger partial charge in [-0.05, 0) is 12.5 Å². The first-order chi connectivity index (χ1) is 9.22. The second kappa shape index (κ2) is 9.02. The first kappa shape index (κ1) is 16.1. The molecular formula is C14H22ClNO3. The molecule has 1 N–H and O–H groups in total. The Hall–Kier alpha value is -0.970. The largest absolute Gasteiger partial charge is 0.493 e. The van der Waals surface area contributed by atoms with Gasteiger partial charge in [0.25, 0.3) is 0 Å². The van der Waals surface area contributed by atoms with Crippen LogP contribution in [0.2, 0.25) is 5.02 Å². The summed E-state index contributed by atoms with van der Waals surface area (Å²) in [6, 6.07) is 3.67. The van der Waals surface area contributed by atoms with E-state index < -0.39 is 0 Å². The molecule has 0 aromatic heterocycles. The summed E-state index contributed by atoms with van der Waals surface area (Å²) in [6.07, 6.45) is 0.947. The lowest BCUT2D eigenvalue weighted by atomic mass is 10.2. The van der Waals surface area contributed by atoms with Gasteiger partial charge in [-0.1, -0.05) is 18.5 Å². The fraction of sp³-hybridized carbons (Fsp3) is 0.571. The van der Waals surface area contributed by atoms with Crippen LogP contribution in [0.5, 0.6) is 11.5 Å². The van der Waals surface area contributed by atoms with Gasteiger partial charge in [0.15, 0.2) is 11.5 Å². The summed E-state index contributed by atoms with van der Waals surface area (Å²) in [6.45, 7) is 4.84. The molecule has 1 aromatic carbocycles. The molecule has 0 unspecified atom stereocenters. The van der Waals surface area contributed by atoms with E-state index in [1.165, 1.54) is 0 Å². The van der Waals surface area contributed by atoms with Gasteiger partial charge >= 0.3 is 0 Å². The van der Waals surface area contributed by atoms with Gasteiger partial charge in [0.2, 0.25) is 0 Å². The van der Waals surface area contributed by atoms with Crippen molar-refractivity contribution < 1.29 is 14.2 Å². The highest BCUT2D eigenvalue weighted by atomic mass is 35.5. The molecule has 0 fully saturated rings. The Morgan fingerprint density at radius 2 is 2.00 bits per heavy atom. The van der Waals surface area contributed by atoms with Crippen molar-refractivity contribution in [1.29, 1.82) is 0 Å². The maximum absolute atomic E-state index is 6.09. The Labute approximate surface area is 120 Å². The van der Waals surface area contributed by atoms with Crippen molar-refractivity contribution in [2.45, 2.75) is 19.9 Å². The standard InChI is InChI=1S/C14H22ClNO3/c1-4-6-19-14-11(10-16-5-7-17-2)8-12(15)9-13(14)18-3/h8-9,16H,4-7,10H2,1-3H3. The molecule has 0 saturated carbocycles. The molecule has 0 amide bonds. The van der Waals surface area contributed by atoms with Crippen LogP contribution in [0.1, 0.15) is 18.9 Å². The number of rotatable bonds is 9. The quantitative estimate of drug-likeness (QED) is 0.709. The number of nitrogens with one attached hydrogen (secondary N) is 1. The van der Waals surface area contributed by atoms with Gasteiger partial charge in [0.1, 0.15) is 0 Å². The normalized spacial score (nSPS) is 10.5. The first-order valence-electron chi connectivity index (χ1n) is 6.41. The fourth-order valence-corrected chi connectivity index (χ4v) is 1.90. The molecule has 1 rings (SSSR count). The molecule has 108 valence electrons. The predicted molar refractivity (Wildman–Crippen MR) is 77.4 cm³/mol. The lowest BCUT2D eigenvalue weighted by molar-refractivity contribution is 0.199. The highest BCUT2D eigenvalue weighted by Gasteiger charge is 2.12. The maximum atomic E-state index is 6.09. The van der Waals surface area contributed by atoms with Crippen molar-refractivity contribution in [3.05, 3.63) is 22.7 Å². The van der Waals surface area contributed by atoms with Crippen molar-refractivity contribution in [3.63, 3.8) is 0 Å². The van der Waals surface area contributed by atoms with E-state index in [2.05, 4.69) is 12.2 Å². The van der Waals surface area contributed by atoms with E-state index in [9.17, 15) is 0 Å². The average molecular weight is 288 g/mol. The zero-order valence-corrected chi connectivity index (χ0v) is 12.5. The number of halogens is 1. The lowest BCUT2D eigenvalue weighted by Gasteiger charge is -2.16. The Balaban J connectivity index is 2.82. The van der Waals surface area contributed by atoms with Gasteiger partial charge in [-0.3, -0.25) is 0 Å². The van der Waals surface area contributed by atoms with Crippen molar-refractivity contribution in [2.24, 2.45) is 0 Å². The Morgan fingerprint density at radius 1 is 1.21 bits per heavy atom. The molecule has 0 atom stereocenters. The van der Waals surface area contributed by atoms with Gasteiger partial charge in [-0.15, -0.1) is 0 Å². The molecule has 0 aliphatic rings. The van der Waals surface area contributed by atoms with Crippen LogP contribution in [-0.2, 0) is 11.3 Å². The second-order valence-electron chi connectivity index (χ2n) is 4.11. The average Bonchev–Trinajstić information content (AvgIpc) is 2.41. The van der Waals surface area contributed by atoms with Crippen LogP contribution in [0.15, 0.2) is 12.1 Å². The van der Waals surface area contributed by atoms with E-state index >= 15 is 0 Å². The predicted octanol–water partition coefficient (Wildman–Crippen LogP) is 2.87. The van der Waals surface area contributed by atoms with Gasteiger partial charge in [-0.2, -0.15) is 0 Å². The highest BCUT2D eigenvalue weighted by molar-refractivity contribution is 6.30. The molecule has 0 aliphatic heterocycles. The highest BCUT2D eigenvalue weighted by Crippen LogP contribution is 2.34. The number of ether oxygens (including phenoxy) is 3. The molecular weight excluding hydrogens is 266 g/mol. The van der Waals surface area contributed by atoms with E-state index in [0.717, 1.165) is 24.3 Å². The molecule has 4 nitrogen and oxygen atoms in total. The Kier molecular flexibility index (Phi) is 7.63. The third kappa shape index (κ3) is 5.27. The van der Waals surface area contributed by atoms with Crippen LogP contribution in [-0.4, -0.2) is 34.0 Å². The van der Waals surface area contributed by atoms with E-state index in [4.69, 9.17) is 25.8 Å². The maximum Gasteiger partial charge on any atom is 0.165 e. The van der Waals surface area contributed by atoms with Crippen LogP contribution in [0.3, 0.4) is 0 Å². The van der Waals surface area contributed by atoms with Crippen LogP contribution < -0.4 is 14.8 Å². The zero-order chi connectivity index (χ0) is 14.1. The van der Waals surface area contributed by atoms with E-state index in [0.29, 0.717) is 30.5 Å². The SMILES string of the molecule is CCCOc1c(CNCCOC)cc(Cl)cc1OC. The molecule has 0 spiro atoms. The number of methoxy groups -OCH3 is 2. The van der Waals surface area contributed by atoms with Gasteiger partial charge < -0.3 is 19.5 Å². The minimum Gasteiger partial charge on any atom is -0.493 e. The molecule has 0 bridgehead atoms. The molecule has 1 aromatic rings. The summed E-state index contributed by atoms with van der Waals surface area (Å²) >= 11 is 6.09. The van der Waals surface area contributed by atoms with Crippen LogP contribution in [0.4, 0.5) is 0 Å². The summed E-state index contributed by atoms with van der Waals surface area (Å²) in [4.78, 5) is 0. The van der Waals surface area contributed by atoms with E-state index in [1.807, 2.05) is 6.07 Å². The van der Waals surface area contributed by atoms with Crippen LogP contribution in [0.25, 0.3) is 0 Å². The molecule has 19 heavy (non-hydrogen) atoms. The molecule has 0 heterocycles. The summed E-state index contributed by atoms with van der Waals surface area (Å²) < 4.78 is 16.1. The van der Waals surface area contributed by atoms with Crippen LogP contribution >= 0.6 is 11.6 Å². The number of hydrogen-bond acceptors (Lipinski definition) is 4. The molecule has 0 saturated heterocycles. The third-order valence-electron chi connectivity index (χ3n) is 2.57. The Morgan fingerprint density at radius 3 is 2.63 bits per heavy atom. The first-order valence-corrected chi connectivity index (χ1v) is 6.79. The monoisotopic (exact) mass is 287 g/mol. The summed E-state index contributed by atoms with van der Waals surface area (Å²) in [5, 5.41) is 3.92.